The van der Waals surface area contributed by atoms with E-state index < -0.39 is 10.8 Å². The van der Waals surface area contributed by atoms with Gasteiger partial charge in [-0.3, -0.25) is 0 Å². The summed E-state index contributed by atoms with van der Waals surface area (Å²) in [6, 6.07) is 86.7. The third-order valence-electron chi connectivity index (χ3n) is 17.9. The number of pyridine rings is 1. The van der Waals surface area contributed by atoms with Gasteiger partial charge in [0.25, 0.3) is 0 Å². The zero-order valence-corrected chi connectivity index (χ0v) is 49.9. The van der Waals surface area contributed by atoms with Gasteiger partial charge in [-0.1, -0.05) is 205 Å². The Kier molecular flexibility index (Phi) is 13.5. The van der Waals surface area contributed by atoms with Crippen LogP contribution in [0.4, 0.5) is 22.7 Å². The molecule has 0 fully saturated rings. The molecule has 1 aliphatic heterocycles. The topological polar surface area (TPSA) is 33.5 Å². The predicted molar refractivity (Wildman–Crippen MR) is 333 cm³/mol. The van der Waals surface area contributed by atoms with Gasteiger partial charge in [-0.2, -0.15) is 6.07 Å². The van der Waals surface area contributed by atoms with E-state index in [1.807, 2.05) is 12.3 Å². The van der Waals surface area contributed by atoms with Crippen LogP contribution in [0.3, 0.4) is 0 Å². The Morgan fingerprint density at radius 2 is 1.04 bits per heavy atom. The summed E-state index contributed by atoms with van der Waals surface area (Å²) in [5.74, 6) is 2.08. The van der Waals surface area contributed by atoms with Gasteiger partial charge < -0.3 is 19.1 Å². The van der Waals surface area contributed by atoms with Gasteiger partial charge in [0.1, 0.15) is 5.82 Å². The standard InChI is InChI=1S/C76H67N4O.Pt/c1-73(2,3)56-42-45-77-71(48-56)80-67-37-18-15-32-61(67)62-41-40-59(50-70(62)80)81-60-47-57(74(4,5)6)46-58(49-60)78-51-79(69-39-20-19-38-68(69)78)72-65(75(54-28-9-7-10-29-54)43-22-26-52-24-13-16-33-63(52)75)35-21-36-66(72)76(55-30-11-8-12-31-55)44-23-27-53-25-14-17-34-64(53)76;/h7-21,24-25,28-42,45-48,51H,22-23,26-27,43-44H2,1-6H3;/q-3;. The second-order valence-corrected chi connectivity index (χ2v) is 24.7. The summed E-state index contributed by atoms with van der Waals surface area (Å²) in [7, 11) is 0. The first kappa shape index (κ1) is 53.3. The van der Waals surface area contributed by atoms with E-state index in [-0.39, 0.29) is 31.9 Å². The number of nitrogens with zero attached hydrogens (tertiary/aromatic N) is 4. The van der Waals surface area contributed by atoms with Gasteiger partial charge in [0.15, 0.2) is 0 Å². The van der Waals surface area contributed by atoms with Crippen LogP contribution in [0.2, 0.25) is 0 Å². The Balaban J connectivity index is 0.00000631. The molecule has 5 nitrogen and oxygen atoms in total. The summed E-state index contributed by atoms with van der Waals surface area (Å²) in [6.45, 7) is 15.9. The Bertz CT molecular complexity index is 4070. The van der Waals surface area contributed by atoms with Crippen LogP contribution in [-0.2, 0) is 55.6 Å². The van der Waals surface area contributed by atoms with Crippen molar-refractivity contribution in [3.63, 3.8) is 0 Å². The summed E-state index contributed by atoms with van der Waals surface area (Å²) in [4.78, 5) is 9.85. The number of aryl methyl sites for hydroxylation is 2. The van der Waals surface area contributed by atoms with Crippen molar-refractivity contribution in [2.45, 2.75) is 102 Å². The molecule has 0 N–H and O–H groups in total. The summed E-state index contributed by atoms with van der Waals surface area (Å²) in [6.07, 6.45) is 8.12. The number of para-hydroxylation sites is 4. The summed E-state index contributed by atoms with van der Waals surface area (Å²) in [5.41, 5.74) is 18.3. The fraction of sp³-hybridized carbons (Fsp3) is 0.211. The van der Waals surface area contributed by atoms with Crippen LogP contribution < -0.4 is 14.5 Å². The number of rotatable bonds is 9. The summed E-state index contributed by atoms with van der Waals surface area (Å²) in [5, 5.41) is 2.23. The van der Waals surface area contributed by atoms with E-state index in [0.29, 0.717) is 11.5 Å². The van der Waals surface area contributed by atoms with E-state index in [4.69, 9.17) is 9.72 Å². The SMILES string of the molecule is CC(C)(C)c1cc(Oc2[c-]c3c(cc2)c2ccccc2n3-c2cc(C(C)(C)C)ccn2)[c-]c(N2[CH-]N(c3c(C4(c5ccccc5)CCCc5ccccc54)cccc3C3(c4ccccc4)CCCc4ccccc43)c3ccccc32)c1.[Pt]. The summed E-state index contributed by atoms with van der Waals surface area (Å²) < 4.78 is 9.30. The second kappa shape index (κ2) is 20.8. The largest absolute Gasteiger partial charge is 0.509 e. The molecule has 3 aliphatic rings. The third-order valence-corrected chi connectivity index (χ3v) is 17.9. The van der Waals surface area contributed by atoms with Crippen LogP contribution >= 0.6 is 0 Å². The Labute approximate surface area is 498 Å². The van der Waals surface area contributed by atoms with Gasteiger partial charge in [0.2, 0.25) is 0 Å². The number of aromatic nitrogens is 2. The molecule has 82 heavy (non-hydrogen) atoms. The average molecular weight is 1250 g/mol. The van der Waals surface area contributed by atoms with Gasteiger partial charge in [0, 0.05) is 72.2 Å². The van der Waals surface area contributed by atoms with Crippen molar-refractivity contribution in [3.8, 4) is 17.3 Å². The minimum atomic E-state index is -0.461. The Morgan fingerprint density at radius 1 is 0.488 bits per heavy atom. The average Bonchev–Trinajstić information content (AvgIpc) is 4.21. The molecule has 11 aromatic rings. The number of anilines is 4. The van der Waals surface area contributed by atoms with Crippen molar-refractivity contribution in [1.82, 2.24) is 9.55 Å². The van der Waals surface area contributed by atoms with Gasteiger partial charge in [-0.05, 0) is 135 Å². The van der Waals surface area contributed by atoms with Crippen molar-refractivity contribution in [2.75, 3.05) is 9.80 Å². The van der Waals surface area contributed by atoms with Crippen LogP contribution in [0.15, 0.2) is 219 Å². The maximum Gasteiger partial charge on any atom is 0.135 e. The molecule has 2 unspecified atom stereocenters. The van der Waals surface area contributed by atoms with Crippen LogP contribution in [0.1, 0.15) is 123 Å². The van der Waals surface area contributed by atoms with Crippen molar-refractivity contribution in [3.05, 3.63) is 293 Å². The molecular weight excluding hydrogens is 1180 g/mol. The van der Waals surface area contributed by atoms with E-state index in [2.05, 4.69) is 281 Å². The molecule has 0 radical (unpaired) electrons. The third kappa shape index (κ3) is 8.81. The number of ether oxygens (including phenoxy) is 1. The van der Waals surface area contributed by atoms with Gasteiger partial charge in [0.05, 0.1) is 0 Å². The Morgan fingerprint density at radius 3 is 1.66 bits per heavy atom. The maximum atomic E-state index is 7.08. The van der Waals surface area contributed by atoms with Crippen molar-refractivity contribution < 1.29 is 25.8 Å². The molecule has 0 bridgehead atoms. The van der Waals surface area contributed by atoms with E-state index in [1.165, 1.54) is 55.8 Å². The van der Waals surface area contributed by atoms with E-state index >= 15 is 0 Å². The zero-order valence-electron chi connectivity index (χ0n) is 47.6. The normalized spacial score (nSPS) is 17.7. The van der Waals surface area contributed by atoms with Gasteiger partial charge >= 0.3 is 0 Å². The molecule has 0 saturated heterocycles. The van der Waals surface area contributed by atoms with Gasteiger partial charge in [-0.25, -0.2) is 4.98 Å². The molecule has 3 heterocycles. The fourth-order valence-corrected chi connectivity index (χ4v) is 14.0. The minimum absolute atomic E-state index is 0. The first-order chi connectivity index (χ1) is 39.4. The number of hydrogen-bond acceptors (Lipinski definition) is 4. The van der Waals surface area contributed by atoms with E-state index in [0.717, 1.165) is 88.8 Å². The first-order valence-electron chi connectivity index (χ1n) is 29.0. The quantitative estimate of drug-likeness (QED) is 0.135. The number of hydrogen-bond donors (Lipinski definition) is 0. The molecule has 0 saturated carbocycles. The molecule has 0 spiro atoms. The minimum Gasteiger partial charge on any atom is -0.509 e. The monoisotopic (exact) mass is 1250 g/mol. The van der Waals surface area contributed by atoms with Crippen LogP contribution in [0, 0.1) is 18.8 Å². The summed E-state index contributed by atoms with van der Waals surface area (Å²) >= 11 is 0. The Hall–Kier alpha value is -7.98. The van der Waals surface area contributed by atoms with Crippen molar-refractivity contribution >= 4 is 44.6 Å². The van der Waals surface area contributed by atoms with Gasteiger partial charge in [-0.15, -0.1) is 53.6 Å². The molecule has 0 amide bonds. The second-order valence-electron chi connectivity index (χ2n) is 24.7. The number of benzene rings is 9. The molecule has 2 atom stereocenters. The smallest absolute Gasteiger partial charge is 0.135 e. The number of fused-ring (bicyclic) bond motifs is 6. The zero-order chi connectivity index (χ0) is 55.1. The maximum absolute atomic E-state index is 7.08. The molecule has 2 aliphatic carbocycles. The van der Waals surface area contributed by atoms with Crippen LogP contribution in [0.5, 0.6) is 11.5 Å². The van der Waals surface area contributed by atoms with Crippen molar-refractivity contribution in [1.29, 1.82) is 0 Å². The molecule has 6 heteroatoms. The first-order valence-corrected chi connectivity index (χ1v) is 29.0. The molecule has 2 aromatic heterocycles. The molecule has 14 rings (SSSR count). The van der Waals surface area contributed by atoms with Crippen LogP contribution in [0.25, 0.3) is 27.6 Å². The van der Waals surface area contributed by atoms with E-state index in [9.17, 15) is 0 Å². The van der Waals surface area contributed by atoms with E-state index in [1.54, 1.807) is 0 Å². The molecule has 9 aromatic carbocycles. The molecule has 410 valence electrons. The molecular formula is C76H67N4OPt-3. The predicted octanol–water partition coefficient (Wildman–Crippen LogP) is 18.9. The van der Waals surface area contributed by atoms with Crippen molar-refractivity contribution in [2.24, 2.45) is 0 Å². The van der Waals surface area contributed by atoms with Crippen LogP contribution in [-0.4, -0.2) is 9.55 Å². The fourth-order valence-electron chi connectivity index (χ4n) is 14.0.